The van der Waals surface area contributed by atoms with Gasteiger partial charge in [0.1, 0.15) is 19.0 Å². The number of amides is 2. The molecule has 0 spiro atoms. The predicted molar refractivity (Wildman–Crippen MR) is 186 cm³/mol. The van der Waals surface area contributed by atoms with Crippen LogP contribution < -0.4 is 30.3 Å². The molecule has 0 unspecified atom stereocenters. The lowest BCUT2D eigenvalue weighted by atomic mass is 9.95. The largest absolute Gasteiger partial charge is 0.490 e. The van der Waals surface area contributed by atoms with Crippen molar-refractivity contribution in [3.63, 3.8) is 0 Å². The van der Waals surface area contributed by atoms with E-state index in [-0.39, 0.29) is 12.2 Å². The lowest BCUT2D eigenvalue weighted by Gasteiger charge is -2.28. The third kappa shape index (κ3) is 9.23. The van der Waals surface area contributed by atoms with E-state index in [0.717, 1.165) is 24.0 Å². The Labute approximate surface area is 289 Å². The van der Waals surface area contributed by atoms with Crippen LogP contribution in [-0.2, 0) is 16.1 Å². The number of nitrogens with zero attached hydrogens (tertiary/aromatic N) is 1. The topological polar surface area (TPSA) is 140 Å². The second kappa shape index (κ2) is 16.1. The fourth-order valence-corrected chi connectivity index (χ4v) is 6.58. The van der Waals surface area contributed by atoms with Crippen LogP contribution in [0.3, 0.4) is 0 Å². The number of carbonyl (C=O) groups excluding carboxylic acids is 2. The van der Waals surface area contributed by atoms with Gasteiger partial charge in [-0.3, -0.25) is 5.43 Å². The molecule has 0 aromatic heterocycles. The van der Waals surface area contributed by atoms with Gasteiger partial charge in [-0.25, -0.2) is 9.59 Å². The minimum absolute atomic E-state index is 0.131. The van der Waals surface area contributed by atoms with Crippen LogP contribution in [0.15, 0.2) is 71.0 Å². The summed E-state index contributed by atoms with van der Waals surface area (Å²) in [6, 6.07) is 16.0. The molecule has 1 heterocycles. The number of hydrazone groups is 1. The maximum absolute atomic E-state index is 12.5. The summed E-state index contributed by atoms with van der Waals surface area (Å²) in [6.45, 7) is 6.19. The molecular weight excluding hydrogens is 806 g/mol. The number of esters is 1. The van der Waals surface area contributed by atoms with Gasteiger partial charge in [0, 0.05) is 5.70 Å². The number of aliphatic hydroxyl groups is 1. The van der Waals surface area contributed by atoms with E-state index in [2.05, 4.69) is 97.5 Å². The monoisotopic (exact) mass is 840 g/mol. The number of halogens is 2. The van der Waals surface area contributed by atoms with E-state index in [1.807, 2.05) is 19.1 Å². The summed E-state index contributed by atoms with van der Waals surface area (Å²) in [7, 11) is 1.28. The number of rotatable bonds is 13. The molecule has 0 fully saturated rings. The summed E-state index contributed by atoms with van der Waals surface area (Å²) in [5.74, 6) is 0.997. The van der Waals surface area contributed by atoms with E-state index in [1.165, 1.54) is 12.7 Å². The van der Waals surface area contributed by atoms with Crippen molar-refractivity contribution in [1.82, 2.24) is 16.1 Å². The van der Waals surface area contributed by atoms with Crippen molar-refractivity contribution in [2.45, 2.75) is 39.6 Å². The molecule has 0 radical (unpaired) electrons. The zero-order valence-electron chi connectivity index (χ0n) is 25.1. The Morgan fingerprint density at radius 1 is 1.04 bits per heavy atom. The van der Waals surface area contributed by atoms with E-state index in [4.69, 9.17) is 18.9 Å². The summed E-state index contributed by atoms with van der Waals surface area (Å²) >= 11 is 4.47. The number of aliphatic hydroxyl groups excluding tert-OH is 1. The molecule has 1 aliphatic heterocycles. The van der Waals surface area contributed by atoms with Crippen LogP contribution in [0.5, 0.6) is 17.2 Å². The first-order chi connectivity index (χ1) is 21.6. The number of benzene rings is 3. The quantitative estimate of drug-likeness (QED) is 0.0599. The maximum atomic E-state index is 12.5. The molecule has 45 heavy (non-hydrogen) atoms. The highest BCUT2D eigenvalue weighted by molar-refractivity contribution is 14.1. The zero-order chi connectivity index (χ0) is 32.5. The molecule has 1 aliphatic rings. The van der Waals surface area contributed by atoms with Crippen LogP contribution in [0.1, 0.15) is 42.1 Å². The molecule has 4 rings (SSSR count). The molecule has 0 saturated carbocycles. The highest BCUT2D eigenvalue weighted by atomic mass is 127. The summed E-state index contributed by atoms with van der Waals surface area (Å²) in [6.07, 6.45) is 0.491. The lowest BCUT2D eigenvalue weighted by molar-refractivity contribution is -0.136. The second-order valence-electron chi connectivity index (χ2n) is 10.0. The molecule has 0 saturated heterocycles. The van der Waals surface area contributed by atoms with Crippen LogP contribution in [-0.4, -0.2) is 49.9 Å². The third-order valence-corrected chi connectivity index (χ3v) is 8.24. The number of hydrogen-bond donors (Lipinski definition) is 4. The van der Waals surface area contributed by atoms with Gasteiger partial charge in [0.25, 0.3) is 0 Å². The molecule has 0 aliphatic carbocycles. The average Bonchev–Trinajstić information content (AvgIpc) is 3.00. The molecule has 3 aromatic carbocycles. The van der Waals surface area contributed by atoms with E-state index < -0.39 is 24.3 Å². The predicted octanol–water partition coefficient (Wildman–Crippen LogP) is 5.30. The zero-order valence-corrected chi connectivity index (χ0v) is 29.5. The highest BCUT2D eigenvalue weighted by Gasteiger charge is 2.32. The Morgan fingerprint density at radius 3 is 2.42 bits per heavy atom. The Morgan fingerprint density at radius 2 is 1.76 bits per heavy atom. The number of methoxy groups -OCH3 is 1. The minimum Gasteiger partial charge on any atom is -0.490 e. The Kier molecular flexibility index (Phi) is 12.3. The maximum Gasteiger partial charge on any atom is 0.337 e. The molecule has 3 aromatic rings. The molecule has 2 atom stereocenters. The number of ether oxygens (including phenoxy) is 4. The van der Waals surface area contributed by atoms with Crippen molar-refractivity contribution < 1.29 is 33.6 Å². The van der Waals surface area contributed by atoms with E-state index in [9.17, 15) is 14.7 Å². The number of aryl methyl sites for hydroxylation is 1. The van der Waals surface area contributed by atoms with Gasteiger partial charge in [-0.15, -0.1) is 0 Å². The molecular formula is C32H34I2N4O7. The molecule has 11 nitrogen and oxygen atoms in total. The van der Waals surface area contributed by atoms with Crippen LogP contribution in [0, 0.1) is 14.1 Å². The van der Waals surface area contributed by atoms with Gasteiger partial charge in [0.15, 0.2) is 17.7 Å². The standard InChI is InChI=1S/C32H34I2N4O7/c1-5-43-26-14-22(29-28(31(40)42-4)19(3)36-32(41)37-29)10-11-25(26)44-17-27(39)38-35-15-21-12-23(33)30(24(34)13-21)45-16-20-8-6-18(2)7-9-20/h6-15,27,29,38-39H,5,16-17H2,1-4H3,(H2,36,37,41)/b35-15-/t27-,29-/m1/s1. The van der Waals surface area contributed by atoms with E-state index in [0.29, 0.717) is 36.0 Å². The van der Waals surface area contributed by atoms with Crippen LogP contribution in [0.2, 0.25) is 0 Å². The fraction of sp³-hybridized carbons (Fsp3) is 0.281. The fourth-order valence-electron chi connectivity index (χ4n) is 4.45. The third-order valence-electron chi connectivity index (χ3n) is 6.63. The molecule has 4 N–H and O–H groups in total. The van der Waals surface area contributed by atoms with Gasteiger partial charge >= 0.3 is 12.0 Å². The molecule has 0 bridgehead atoms. The average molecular weight is 840 g/mol. The van der Waals surface area contributed by atoms with Crippen LogP contribution in [0.4, 0.5) is 4.79 Å². The van der Waals surface area contributed by atoms with E-state index in [1.54, 1.807) is 31.3 Å². The molecule has 2 amide bonds. The number of allylic oxidation sites excluding steroid dienone is 1. The van der Waals surface area contributed by atoms with Crippen molar-refractivity contribution >= 4 is 63.4 Å². The van der Waals surface area contributed by atoms with Crippen molar-refractivity contribution in [1.29, 1.82) is 0 Å². The number of carbonyl (C=O) groups is 2. The second-order valence-corrected chi connectivity index (χ2v) is 12.3. The first-order valence-corrected chi connectivity index (χ1v) is 16.2. The van der Waals surface area contributed by atoms with Crippen molar-refractivity contribution in [3.05, 3.63) is 95.3 Å². The van der Waals surface area contributed by atoms with Crippen LogP contribution >= 0.6 is 45.2 Å². The summed E-state index contributed by atoms with van der Waals surface area (Å²) in [5, 5.41) is 20.0. The first-order valence-electron chi connectivity index (χ1n) is 14.0. The Balaban J connectivity index is 1.37. The van der Waals surface area contributed by atoms with Crippen LogP contribution in [0.25, 0.3) is 0 Å². The van der Waals surface area contributed by atoms with Gasteiger partial charge < -0.3 is 34.7 Å². The normalized spacial score (nSPS) is 15.3. The van der Waals surface area contributed by atoms with Gasteiger partial charge in [0.05, 0.1) is 38.7 Å². The summed E-state index contributed by atoms with van der Waals surface area (Å²) in [5.41, 5.74) is 7.07. The smallest absolute Gasteiger partial charge is 0.337 e. The van der Waals surface area contributed by atoms with Crippen molar-refractivity contribution in [2.75, 3.05) is 20.3 Å². The van der Waals surface area contributed by atoms with Crippen molar-refractivity contribution in [3.8, 4) is 17.2 Å². The number of hydrogen-bond acceptors (Lipinski definition) is 9. The van der Waals surface area contributed by atoms with Gasteiger partial charge in [-0.1, -0.05) is 35.9 Å². The van der Waals surface area contributed by atoms with E-state index >= 15 is 0 Å². The van der Waals surface area contributed by atoms with Gasteiger partial charge in [-0.05, 0) is 107 Å². The molecule has 13 heteroatoms. The highest BCUT2D eigenvalue weighted by Crippen LogP contribution is 2.35. The minimum atomic E-state index is -1.12. The van der Waals surface area contributed by atoms with Gasteiger partial charge in [-0.2, -0.15) is 5.10 Å². The number of nitrogens with one attached hydrogen (secondary N) is 3. The number of urea groups is 1. The lowest BCUT2D eigenvalue weighted by Crippen LogP contribution is -2.45. The Hall–Kier alpha value is -3.57. The van der Waals surface area contributed by atoms with Crippen molar-refractivity contribution in [2.24, 2.45) is 5.10 Å². The summed E-state index contributed by atoms with van der Waals surface area (Å²) in [4.78, 5) is 24.6. The SMILES string of the molecule is CCOc1cc([C@H]2NC(=O)NC(C)=C2C(=O)OC)ccc1OC[C@@H](O)N/N=C\c1cc(I)c(OCc2ccc(C)cc2)c(I)c1. The summed E-state index contributed by atoms with van der Waals surface area (Å²) < 4.78 is 24.5. The van der Waals surface area contributed by atoms with Gasteiger partial charge in [0.2, 0.25) is 0 Å². The molecule has 238 valence electrons. The first kappa shape index (κ1) is 34.3. The Bertz CT molecular complexity index is 1570.